The van der Waals surface area contributed by atoms with E-state index in [1.54, 1.807) is 6.92 Å². The average molecular weight is 428 g/mol. The number of amides is 1. The number of likely N-dealkylation sites (N-methyl/N-ethyl adjacent to an activating group) is 1. The second-order valence-corrected chi connectivity index (χ2v) is 9.00. The van der Waals surface area contributed by atoms with E-state index < -0.39 is 0 Å². The Labute approximate surface area is 189 Å². The van der Waals surface area contributed by atoms with Crippen molar-refractivity contribution in [2.45, 2.75) is 31.8 Å². The molecule has 3 aromatic rings. The van der Waals surface area contributed by atoms with Gasteiger partial charge in [0.2, 0.25) is 0 Å². The van der Waals surface area contributed by atoms with Crippen LogP contribution in [0.2, 0.25) is 0 Å². The Bertz CT molecular complexity index is 1140. The van der Waals surface area contributed by atoms with E-state index in [-0.39, 0.29) is 17.2 Å². The number of hydrogen-bond acceptors (Lipinski definition) is 3. The molecule has 2 aromatic carbocycles. The number of ketones is 1. The molecular formula is C27H29N3O2. The number of benzene rings is 2. The van der Waals surface area contributed by atoms with Gasteiger partial charge in [-0.1, -0.05) is 42.5 Å². The highest BCUT2D eigenvalue weighted by Crippen LogP contribution is 2.41. The minimum absolute atomic E-state index is 0.0951. The highest BCUT2D eigenvalue weighted by molar-refractivity contribution is 5.95. The molecule has 0 unspecified atom stereocenters. The van der Waals surface area contributed by atoms with Gasteiger partial charge in [-0.25, -0.2) is 0 Å². The molecule has 1 saturated heterocycles. The molecule has 2 aliphatic rings. The fourth-order valence-electron chi connectivity index (χ4n) is 5.42. The van der Waals surface area contributed by atoms with Gasteiger partial charge in [0.15, 0.2) is 5.78 Å². The summed E-state index contributed by atoms with van der Waals surface area (Å²) < 4.78 is 2.20. The van der Waals surface area contributed by atoms with Crippen LogP contribution in [0.25, 0.3) is 11.1 Å². The molecule has 1 aromatic heterocycles. The van der Waals surface area contributed by atoms with Gasteiger partial charge in [-0.2, -0.15) is 0 Å². The Morgan fingerprint density at radius 1 is 0.781 bits per heavy atom. The summed E-state index contributed by atoms with van der Waals surface area (Å²) in [6.07, 6.45) is 1.75. The highest BCUT2D eigenvalue weighted by Gasteiger charge is 2.45. The molecule has 5 nitrogen and oxygen atoms in total. The summed E-state index contributed by atoms with van der Waals surface area (Å²) in [7, 11) is 2.17. The minimum Gasteiger partial charge on any atom is -0.339 e. The number of carbonyl (C=O) groups excluding carboxylic acids is 2. The molecule has 164 valence electrons. The first-order valence-corrected chi connectivity index (χ1v) is 11.4. The molecule has 1 fully saturated rings. The van der Waals surface area contributed by atoms with Crippen LogP contribution in [0.4, 0.5) is 0 Å². The topological polar surface area (TPSA) is 45.6 Å². The molecule has 2 aliphatic heterocycles. The van der Waals surface area contributed by atoms with Crippen LogP contribution < -0.4 is 0 Å². The molecule has 0 bridgehead atoms. The first-order valence-electron chi connectivity index (χ1n) is 11.4. The van der Waals surface area contributed by atoms with Crippen LogP contribution in [0.3, 0.4) is 0 Å². The van der Waals surface area contributed by atoms with Gasteiger partial charge in [0, 0.05) is 44.4 Å². The van der Waals surface area contributed by atoms with Gasteiger partial charge in [-0.15, -0.1) is 0 Å². The molecule has 0 radical (unpaired) electrons. The van der Waals surface area contributed by atoms with Gasteiger partial charge in [-0.3, -0.25) is 14.5 Å². The van der Waals surface area contributed by atoms with Crippen molar-refractivity contribution in [3.63, 3.8) is 0 Å². The number of carbonyl (C=O) groups is 2. The van der Waals surface area contributed by atoms with Crippen molar-refractivity contribution in [1.29, 1.82) is 0 Å². The summed E-state index contributed by atoms with van der Waals surface area (Å²) in [5.74, 6) is 0.209. The van der Waals surface area contributed by atoms with Crippen LogP contribution in [0.5, 0.6) is 0 Å². The van der Waals surface area contributed by atoms with Crippen LogP contribution in [-0.2, 0) is 12.1 Å². The van der Waals surface area contributed by atoms with Crippen LogP contribution in [0, 0.1) is 0 Å². The molecule has 1 amide bonds. The molecule has 3 heterocycles. The minimum atomic E-state index is -0.111. The molecule has 32 heavy (non-hydrogen) atoms. The van der Waals surface area contributed by atoms with Gasteiger partial charge in [0.05, 0.1) is 11.2 Å². The summed E-state index contributed by atoms with van der Waals surface area (Å²) >= 11 is 0. The van der Waals surface area contributed by atoms with E-state index in [4.69, 9.17) is 0 Å². The van der Waals surface area contributed by atoms with Gasteiger partial charge < -0.3 is 9.47 Å². The second-order valence-electron chi connectivity index (χ2n) is 9.00. The van der Waals surface area contributed by atoms with Crippen molar-refractivity contribution in [2.75, 3.05) is 26.7 Å². The molecule has 1 spiro atoms. The fourth-order valence-corrected chi connectivity index (χ4v) is 5.42. The van der Waals surface area contributed by atoms with Crippen molar-refractivity contribution < 1.29 is 9.59 Å². The first kappa shape index (κ1) is 20.7. The van der Waals surface area contributed by atoms with Gasteiger partial charge in [0.25, 0.3) is 5.91 Å². The smallest absolute Gasteiger partial charge is 0.253 e. The number of fused-ring (bicyclic) bond motifs is 2. The number of Topliss-reactive ketones (excluding diaryl/α,β-unsaturated/α-hetero) is 1. The van der Waals surface area contributed by atoms with Crippen molar-refractivity contribution in [1.82, 2.24) is 14.4 Å². The number of nitrogens with zero attached hydrogens (tertiary/aromatic N) is 3. The third-order valence-electron chi connectivity index (χ3n) is 7.32. The normalized spacial score (nSPS) is 17.9. The first-order chi connectivity index (χ1) is 15.5. The Kier molecular flexibility index (Phi) is 5.22. The number of piperidine rings is 1. The number of aromatic nitrogens is 1. The van der Waals surface area contributed by atoms with Crippen LogP contribution in [0.1, 0.15) is 46.3 Å². The van der Waals surface area contributed by atoms with E-state index in [0.717, 1.165) is 48.3 Å². The standard InChI is InChI=1S/C27H29N3O2/c1-20(31)24-12-13-25-27(28(2)18-19-30(24)25)14-16-29(17-15-27)26(32)23-10-8-22(9-11-23)21-6-4-3-5-7-21/h3-13H,14-19H2,1-2H3. The number of likely N-dealkylation sites (tertiary alicyclic amines) is 1. The Balaban J connectivity index is 1.33. The molecule has 5 heteroatoms. The lowest BCUT2D eigenvalue weighted by atomic mass is 9.81. The van der Waals surface area contributed by atoms with Crippen LogP contribution in [-0.4, -0.2) is 52.7 Å². The zero-order valence-corrected chi connectivity index (χ0v) is 18.8. The van der Waals surface area contributed by atoms with Crippen molar-refractivity contribution >= 4 is 11.7 Å². The maximum atomic E-state index is 13.2. The van der Waals surface area contributed by atoms with E-state index in [9.17, 15) is 9.59 Å². The van der Waals surface area contributed by atoms with Gasteiger partial charge in [0.1, 0.15) is 0 Å². The van der Waals surface area contributed by atoms with Crippen LogP contribution >= 0.6 is 0 Å². The maximum absolute atomic E-state index is 13.2. The third-order valence-corrected chi connectivity index (χ3v) is 7.32. The predicted octanol–water partition coefficient (Wildman–Crippen LogP) is 4.43. The molecular weight excluding hydrogens is 398 g/mol. The van der Waals surface area contributed by atoms with E-state index in [1.807, 2.05) is 53.4 Å². The predicted molar refractivity (Wildman–Crippen MR) is 126 cm³/mol. The molecule has 0 aliphatic carbocycles. The zero-order chi connectivity index (χ0) is 22.3. The maximum Gasteiger partial charge on any atom is 0.253 e. The Morgan fingerprint density at radius 3 is 2.09 bits per heavy atom. The van der Waals surface area contributed by atoms with Crippen molar-refractivity contribution in [3.05, 3.63) is 83.7 Å². The lowest BCUT2D eigenvalue weighted by Gasteiger charge is -2.50. The average Bonchev–Trinajstić information content (AvgIpc) is 3.28. The monoisotopic (exact) mass is 427 g/mol. The lowest BCUT2D eigenvalue weighted by Crippen LogP contribution is -2.56. The largest absolute Gasteiger partial charge is 0.339 e. The summed E-state index contributed by atoms with van der Waals surface area (Å²) in [6.45, 7) is 4.81. The summed E-state index contributed by atoms with van der Waals surface area (Å²) in [5, 5.41) is 0. The third kappa shape index (κ3) is 3.37. The summed E-state index contributed by atoms with van der Waals surface area (Å²) in [6, 6.07) is 22.2. The van der Waals surface area contributed by atoms with E-state index in [2.05, 4.69) is 34.7 Å². The lowest BCUT2D eigenvalue weighted by molar-refractivity contribution is 0.0128. The quantitative estimate of drug-likeness (QED) is 0.581. The number of hydrogen-bond donors (Lipinski definition) is 0. The Hall–Kier alpha value is -3.18. The summed E-state index contributed by atoms with van der Waals surface area (Å²) in [5.41, 5.74) is 4.91. The fraction of sp³-hybridized carbons (Fsp3) is 0.333. The molecule has 0 N–H and O–H groups in total. The highest BCUT2D eigenvalue weighted by atomic mass is 16.2. The Morgan fingerprint density at radius 2 is 1.44 bits per heavy atom. The van der Waals surface area contributed by atoms with E-state index in [1.165, 1.54) is 5.69 Å². The van der Waals surface area contributed by atoms with Crippen molar-refractivity contribution in [2.24, 2.45) is 0 Å². The van der Waals surface area contributed by atoms with Gasteiger partial charge >= 0.3 is 0 Å². The molecule has 5 rings (SSSR count). The molecule has 0 atom stereocenters. The van der Waals surface area contributed by atoms with Gasteiger partial charge in [-0.05, 0) is 55.3 Å². The second kappa shape index (κ2) is 8.06. The zero-order valence-electron chi connectivity index (χ0n) is 18.8. The summed E-state index contributed by atoms with van der Waals surface area (Å²) in [4.78, 5) is 29.7. The van der Waals surface area contributed by atoms with E-state index in [0.29, 0.717) is 13.1 Å². The van der Waals surface area contributed by atoms with Crippen molar-refractivity contribution in [3.8, 4) is 11.1 Å². The van der Waals surface area contributed by atoms with Crippen LogP contribution in [0.15, 0.2) is 66.7 Å². The molecule has 0 saturated carbocycles. The SMILES string of the molecule is CC(=O)c1ccc2n1CCN(C)C21CCN(C(=O)c2ccc(-c3ccccc3)cc2)CC1. The number of rotatable bonds is 3. The van der Waals surface area contributed by atoms with E-state index >= 15 is 0 Å².